The van der Waals surface area contributed by atoms with Gasteiger partial charge in [-0.05, 0) is 26.7 Å². The third-order valence-corrected chi connectivity index (χ3v) is 5.34. The molecule has 0 unspecified atom stereocenters. The standard InChI is InChI=1S/C17H21N5O4S/c1-9(2)8-26-15(24)17(4,5)21-13(23)11-10(3)14(22-18-6-7-19-22)27-12(11)20-16(21)25/h6-7,9H,8H2,1-5H3,(H,20,25). The highest BCUT2D eigenvalue weighted by Gasteiger charge is 2.36. The fraction of sp³-hybridized carbons (Fsp3) is 0.471. The predicted molar refractivity (Wildman–Crippen MR) is 101 cm³/mol. The number of thiophene rings is 1. The summed E-state index contributed by atoms with van der Waals surface area (Å²) in [6.07, 6.45) is 3.05. The summed E-state index contributed by atoms with van der Waals surface area (Å²) in [5, 5.41) is 9.11. The van der Waals surface area contributed by atoms with E-state index in [2.05, 4.69) is 15.2 Å². The number of aromatic amines is 1. The molecule has 0 fully saturated rings. The number of hydrogen-bond donors (Lipinski definition) is 1. The van der Waals surface area contributed by atoms with Crippen molar-refractivity contribution in [2.75, 3.05) is 6.61 Å². The van der Waals surface area contributed by atoms with E-state index in [-0.39, 0.29) is 12.5 Å². The Morgan fingerprint density at radius 2 is 1.93 bits per heavy atom. The van der Waals surface area contributed by atoms with Crippen molar-refractivity contribution in [2.24, 2.45) is 5.92 Å². The average Bonchev–Trinajstić information content (AvgIpc) is 3.20. The van der Waals surface area contributed by atoms with Gasteiger partial charge in [-0.1, -0.05) is 25.2 Å². The minimum atomic E-state index is -1.45. The van der Waals surface area contributed by atoms with Crippen LogP contribution in [-0.4, -0.2) is 37.1 Å². The lowest BCUT2D eigenvalue weighted by molar-refractivity contribution is -0.154. The number of carbonyl (C=O) groups excluding carboxylic acids is 1. The normalized spacial score (nSPS) is 12.1. The number of fused-ring (bicyclic) bond motifs is 1. The van der Waals surface area contributed by atoms with Crippen LogP contribution in [0.15, 0.2) is 22.0 Å². The van der Waals surface area contributed by atoms with Crippen LogP contribution in [0.4, 0.5) is 0 Å². The molecule has 0 aliphatic rings. The Morgan fingerprint density at radius 3 is 2.52 bits per heavy atom. The lowest BCUT2D eigenvalue weighted by atomic mass is 10.1. The first-order chi connectivity index (χ1) is 12.6. The summed E-state index contributed by atoms with van der Waals surface area (Å²) in [4.78, 5) is 42.8. The molecule has 0 aromatic carbocycles. The Morgan fingerprint density at radius 1 is 1.30 bits per heavy atom. The van der Waals surface area contributed by atoms with Gasteiger partial charge >= 0.3 is 11.7 Å². The van der Waals surface area contributed by atoms with Gasteiger partial charge in [0.15, 0.2) is 0 Å². The number of H-pyrrole nitrogens is 1. The fourth-order valence-electron chi connectivity index (χ4n) is 2.73. The second kappa shape index (κ2) is 6.76. The first kappa shape index (κ1) is 19.0. The van der Waals surface area contributed by atoms with E-state index in [0.717, 1.165) is 4.57 Å². The molecule has 9 nitrogen and oxygen atoms in total. The molecule has 3 rings (SSSR count). The van der Waals surface area contributed by atoms with Gasteiger partial charge in [-0.15, -0.1) is 4.80 Å². The number of aromatic nitrogens is 5. The van der Waals surface area contributed by atoms with Crippen LogP contribution < -0.4 is 11.2 Å². The maximum atomic E-state index is 13.1. The number of carbonyl (C=O) groups is 1. The molecule has 0 saturated carbocycles. The lowest BCUT2D eigenvalue weighted by Gasteiger charge is -2.24. The Kier molecular flexibility index (Phi) is 4.77. The maximum absolute atomic E-state index is 13.1. The molecule has 10 heteroatoms. The van der Waals surface area contributed by atoms with Gasteiger partial charge in [0, 0.05) is 5.56 Å². The Labute approximate surface area is 158 Å². The van der Waals surface area contributed by atoms with Crippen LogP contribution in [0.25, 0.3) is 15.2 Å². The van der Waals surface area contributed by atoms with E-state index in [4.69, 9.17) is 4.74 Å². The van der Waals surface area contributed by atoms with Crippen LogP contribution >= 0.6 is 11.3 Å². The van der Waals surface area contributed by atoms with Gasteiger partial charge < -0.3 is 4.74 Å². The molecule has 0 bridgehead atoms. The molecule has 0 saturated heterocycles. The van der Waals surface area contributed by atoms with Crippen molar-refractivity contribution in [1.82, 2.24) is 24.5 Å². The molecule has 144 valence electrons. The first-order valence-electron chi connectivity index (χ1n) is 8.47. The minimum Gasteiger partial charge on any atom is -0.464 e. The number of ether oxygens (including phenoxy) is 1. The van der Waals surface area contributed by atoms with Crippen molar-refractivity contribution in [1.29, 1.82) is 0 Å². The number of rotatable bonds is 5. The van der Waals surface area contributed by atoms with Gasteiger partial charge in [0.1, 0.15) is 15.4 Å². The average molecular weight is 391 g/mol. The summed E-state index contributed by atoms with van der Waals surface area (Å²) in [7, 11) is 0. The summed E-state index contributed by atoms with van der Waals surface area (Å²) in [6.45, 7) is 8.77. The molecule has 0 aliphatic carbocycles. The molecule has 0 spiro atoms. The summed E-state index contributed by atoms with van der Waals surface area (Å²) in [5.74, 6) is -0.490. The molecule has 3 aromatic rings. The predicted octanol–water partition coefficient (Wildman–Crippen LogP) is 1.57. The number of hydrogen-bond acceptors (Lipinski definition) is 7. The quantitative estimate of drug-likeness (QED) is 0.661. The van der Waals surface area contributed by atoms with Crippen molar-refractivity contribution in [3.05, 3.63) is 38.8 Å². The van der Waals surface area contributed by atoms with Crippen LogP contribution in [0.5, 0.6) is 0 Å². The third kappa shape index (κ3) is 3.20. The second-order valence-electron chi connectivity index (χ2n) is 7.18. The van der Waals surface area contributed by atoms with Crippen molar-refractivity contribution in [3.8, 4) is 5.00 Å². The molecule has 1 N–H and O–H groups in total. The largest absolute Gasteiger partial charge is 0.464 e. The first-order valence-corrected chi connectivity index (χ1v) is 9.29. The summed E-state index contributed by atoms with van der Waals surface area (Å²) < 4.78 is 6.18. The number of esters is 1. The van der Waals surface area contributed by atoms with E-state index in [1.807, 2.05) is 13.8 Å². The minimum absolute atomic E-state index is 0.144. The van der Waals surface area contributed by atoms with Gasteiger partial charge in [-0.25, -0.2) is 14.2 Å². The van der Waals surface area contributed by atoms with Crippen LogP contribution in [0.3, 0.4) is 0 Å². The molecule has 0 radical (unpaired) electrons. The zero-order valence-electron chi connectivity index (χ0n) is 15.8. The highest BCUT2D eigenvalue weighted by atomic mass is 32.1. The third-order valence-electron chi connectivity index (χ3n) is 4.17. The van der Waals surface area contributed by atoms with E-state index in [1.54, 1.807) is 6.92 Å². The Bertz CT molecular complexity index is 1100. The van der Waals surface area contributed by atoms with Gasteiger partial charge in [0.05, 0.1) is 24.4 Å². The van der Waals surface area contributed by atoms with Crippen LogP contribution in [-0.2, 0) is 15.1 Å². The Hall–Kier alpha value is -2.75. The SMILES string of the molecule is Cc1c(-n2nccn2)sc2[nH]c(=O)n(C(C)(C)C(=O)OCC(C)C)c(=O)c12. The van der Waals surface area contributed by atoms with Gasteiger partial charge in [-0.2, -0.15) is 10.2 Å². The number of nitrogens with zero attached hydrogens (tertiary/aromatic N) is 4. The van der Waals surface area contributed by atoms with E-state index >= 15 is 0 Å². The Balaban J connectivity index is 2.17. The van der Waals surface area contributed by atoms with E-state index in [1.165, 1.54) is 42.4 Å². The zero-order valence-corrected chi connectivity index (χ0v) is 16.6. The molecule has 3 heterocycles. The number of aryl methyl sites for hydroxylation is 1. The zero-order chi connectivity index (χ0) is 19.9. The van der Waals surface area contributed by atoms with E-state index in [0.29, 0.717) is 20.8 Å². The molecular formula is C17H21N5O4S. The lowest BCUT2D eigenvalue weighted by Crippen LogP contribution is -2.51. The van der Waals surface area contributed by atoms with Crippen molar-refractivity contribution >= 4 is 27.5 Å². The molecule has 0 amide bonds. The van der Waals surface area contributed by atoms with Gasteiger partial charge in [0.2, 0.25) is 0 Å². The summed E-state index contributed by atoms with van der Waals surface area (Å²) in [5.41, 5.74) is -2.04. The van der Waals surface area contributed by atoms with Crippen molar-refractivity contribution in [3.63, 3.8) is 0 Å². The monoisotopic (exact) mass is 391 g/mol. The maximum Gasteiger partial charge on any atom is 0.332 e. The van der Waals surface area contributed by atoms with Crippen LogP contribution in [0.1, 0.15) is 33.3 Å². The fourth-order valence-corrected chi connectivity index (χ4v) is 3.84. The topological polar surface area (TPSA) is 112 Å². The molecular weight excluding hydrogens is 370 g/mol. The van der Waals surface area contributed by atoms with Gasteiger partial charge in [-0.3, -0.25) is 9.78 Å². The highest BCUT2D eigenvalue weighted by Crippen LogP contribution is 2.29. The van der Waals surface area contributed by atoms with Crippen LogP contribution in [0, 0.1) is 12.8 Å². The molecule has 27 heavy (non-hydrogen) atoms. The van der Waals surface area contributed by atoms with Crippen molar-refractivity contribution in [2.45, 2.75) is 40.2 Å². The van der Waals surface area contributed by atoms with E-state index < -0.39 is 22.8 Å². The number of nitrogens with one attached hydrogen (secondary N) is 1. The van der Waals surface area contributed by atoms with Crippen LogP contribution in [0.2, 0.25) is 0 Å². The smallest absolute Gasteiger partial charge is 0.332 e. The van der Waals surface area contributed by atoms with Crippen molar-refractivity contribution < 1.29 is 9.53 Å². The summed E-state index contributed by atoms with van der Waals surface area (Å²) in [6, 6.07) is 0. The molecule has 3 aromatic heterocycles. The van der Waals surface area contributed by atoms with E-state index in [9.17, 15) is 14.4 Å². The molecule has 0 aliphatic heterocycles. The van der Waals surface area contributed by atoms with Gasteiger partial charge in [0.25, 0.3) is 5.56 Å². The second-order valence-corrected chi connectivity index (χ2v) is 8.18. The summed E-state index contributed by atoms with van der Waals surface area (Å²) >= 11 is 1.20. The molecule has 0 atom stereocenters. The highest BCUT2D eigenvalue weighted by molar-refractivity contribution is 7.21.